The molecule has 0 saturated heterocycles. The summed E-state index contributed by atoms with van der Waals surface area (Å²) in [4.78, 5) is 25.2. The number of furan rings is 2. The Kier molecular flexibility index (Phi) is 7.35. The molecule has 4 heterocycles. The van der Waals surface area contributed by atoms with Gasteiger partial charge in [0.05, 0.1) is 5.56 Å². The summed E-state index contributed by atoms with van der Waals surface area (Å²) < 4.78 is 13.1. The van der Waals surface area contributed by atoms with Crippen LogP contribution in [0.2, 0.25) is 0 Å². The molecule has 0 unspecified atom stereocenters. The average molecular weight is 720 g/mol. The Labute approximate surface area is 320 Å². The van der Waals surface area contributed by atoms with E-state index < -0.39 is 0 Å². The molecule has 0 spiro atoms. The summed E-state index contributed by atoms with van der Waals surface area (Å²) in [5.41, 5.74) is 11.0. The highest BCUT2D eigenvalue weighted by molar-refractivity contribution is 6.10. The lowest BCUT2D eigenvalue weighted by Gasteiger charge is -2.09. The van der Waals surface area contributed by atoms with Gasteiger partial charge in [0.2, 0.25) is 0 Å². The van der Waals surface area contributed by atoms with Crippen molar-refractivity contribution in [3.05, 3.63) is 176 Å². The summed E-state index contributed by atoms with van der Waals surface area (Å²) in [5, 5.41) is 2.87. The Morgan fingerprint density at radius 2 is 0.839 bits per heavy atom. The first-order valence-electron chi connectivity index (χ1n) is 18.4. The predicted octanol–water partition coefficient (Wildman–Crippen LogP) is 12.5. The Morgan fingerprint density at radius 1 is 0.304 bits per heavy atom. The average Bonchev–Trinajstić information content (AvgIpc) is 3.85. The van der Waals surface area contributed by atoms with Crippen molar-refractivity contribution in [3.8, 4) is 67.9 Å². The second-order valence-electron chi connectivity index (χ2n) is 13.6. The zero-order valence-corrected chi connectivity index (χ0v) is 29.8. The molecule has 0 aliphatic rings. The van der Waals surface area contributed by atoms with Crippen LogP contribution in [0, 0.1) is 0 Å². The normalized spacial score (nSPS) is 11.6. The summed E-state index contributed by atoms with van der Waals surface area (Å²) in [7, 11) is 0. The number of benzene rings is 7. The van der Waals surface area contributed by atoms with E-state index in [4.69, 9.17) is 33.8 Å². The minimum atomic E-state index is 0.527. The molecule has 0 amide bonds. The van der Waals surface area contributed by atoms with Crippen molar-refractivity contribution in [3.63, 3.8) is 0 Å². The first-order chi connectivity index (χ1) is 27.7. The van der Waals surface area contributed by atoms with Crippen LogP contribution in [0.5, 0.6) is 0 Å². The predicted molar refractivity (Wildman–Crippen MR) is 223 cm³/mol. The molecule has 262 valence electrons. The molecule has 0 bridgehead atoms. The molecule has 0 aliphatic heterocycles. The van der Waals surface area contributed by atoms with Crippen LogP contribution in [-0.4, -0.2) is 24.9 Å². The molecule has 7 aromatic carbocycles. The van der Waals surface area contributed by atoms with E-state index in [-0.39, 0.29) is 0 Å². The van der Waals surface area contributed by atoms with Gasteiger partial charge in [-0.25, -0.2) is 24.9 Å². The van der Waals surface area contributed by atoms with Gasteiger partial charge in [0.1, 0.15) is 28.0 Å². The zero-order chi connectivity index (χ0) is 37.0. The number of aromatic nitrogens is 5. The van der Waals surface area contributed by atoms with E-state index in [0.29, 0.717) is 40.0 Å². The van der Waals surface area contributed by atoms with Crippen LogP contribution in [-0.2, 0) is 0 Å². The maximum atomic E-state index is 6.74. The van der Waals surface area contributed by atoms with Crippen LogP contribution >= 0.6 is 0 Å². The van der Waals surface area contributed by atoms with Crippen molar-refractivity contribution in [2.24, 2.45) is 0 Å². The van der Waals surface area contributed by atoms with Gasteiger partial charge in [-0.1, -0.05) is 146 Å². The van der Waals surface area contributed by atoms with Crippen LogP contribution in [0.1, 0.15) is 0 Å². The van der Waals surface area contributed by atoms with E-state index in [0.717, 1.165) is 71.9 Å². The van der Waals surface area contributed by atoms with E-state index in [1.807, 2.05) is 121 Å². The van der Waals surface area contributed by atoms with Gasteiger partial charge in [-0.05, 0) is 41.5 Å². The van der Waals surface area contributed by atoms with Gasteiger partial charge in [-0.3, -0.25) is 0 Å². The van der Waals surface area contributed by atoms with Crippen molar-refractivity contribution >= 4 is 44.0 Å². The standard InChI is InChI=1S/C49H29N5O2/c1-4-13-30(14-5-1)31-23-25-34(26-24-31)47-52-46(33-17-8-3-9-18-33)53-49(54-47)39-21-12-20-37-36-28-27-35(29-41(36)56-44(37)39)48-50-42(32-15-6-2-7-16-32)45-43(51-48)38-19-10-11-22-40(38)55-45/h1-29H. The van der Waals surface area contributed by atoms with E-state index >= 15 is 0 Å². The van der Waals surface area contributed by atoms with Crippen LogP contribution in [0.25, 0.3) is 112 Å². The van der Waals surface area contributed by atoms with Crippen molar-refractivity contribution in [2.45, 2.75) is 0 Å². The van der Waals surface area contributed by atoms with E-state index in [9.17, 15) is 0 Å². The van der Waals surface area contributed by atoms with Gasteiger partial charge in [0.15, 0.2) is 28.9 Å². The van der Waals surface area contributed by atoms with Gasteiger partial charge in [-0.2, -0.15) is 0 Å². The minimum Gasteiger partial charge on any atom is -0.455 e. The van der Waals surface area contributed by atoms with Gasteiger partial charge < -0.3 is 8.83 Å². The molecule has 11 rings (SSSR count). The Hall–Kier alpha value is -7.77. The first-order valence-corrected chi connectivity index (χ1v) is 18.4. The molecule has 0 aliphatic carbocycles. The summed E-state index contributed by atoms with van der Waals surface area (Å²) in [6, 6.07) is 58.9. The van der Waals surface area contributed by atoms with Crippen molar-refractivity contribution in [2.75, 3.05) is 0 Å². The summed E-state index contributed by atoms with van der Waals surface area (Å²) in [5.74, 6) is 2.27. The quantitative estimate of drug-likeness (QED) is 0.169. The molecular formula is C49H29N5O2. The maximum absolute atomic E-state index is 6.74. The zero-order valence-electron chi connectivity index (χ0n) is 29.8. The molecular weight excluding hydrogens is 691 g/mol. The lowest BCUT2D eigenvalue weighted by molar-refractivity contribution is 0.667. The van der Waals surface area contributed by atoms with E-state index in [1.165, 1.54) is 0 Å². The molecule has 0 radical (unpaired) electrons. The summed E-state index contributed by atoms with van der Waals surface area (Å²) in [6.45, 7) is 0. The van der Waals surface area contributed by atoms with Gasteiger partial charge in [-0.15, -0.1) is 0 Å². The second-order valence-corrected chi connectivity index (χ2v) is 13.6. The monoisotopic (exact) mass is 719 g/mol. The highest BCUT2D eigenvalue weighted by Crippen LogP contribution is 2.39. The Bertz CT molecular complexity index is 3230. The Morgan fingerprint density at radius 3 is 1.59 bits per heavy atom. The second kappa shape index (κ2) is 13.0. The molecule has 7 heteroatoms. The number of hydrogen-bond acceptors (Lipinski definition) is 7. The molecule has 0 saturated carbocycles. The highest BCUT2D eigenvalue weighted by atomic mass is 16.3. The SMILES string of the molecule is c1ccc(-c2ccc(-c3nc(-c4ccccc4)nc(-c4cccc5c4oc4cc(-c6nc(-c7ccccc7)c7oc8ccccc8c7n6)ccc45)n3)cc2)cc1. The minimum absolute atomic E-state index is 0.527. The molecule has 7 nitrogen and oxygen atoms in total. The fourth-order valence-electron chi connectivity index (χ4n) is 7.41. The topological polar surface area (TPSA) is 90.7 Å². The van der Waals surface area contributed by atoms with Crippen LogP contribution in [0.15, 0.2) is 185 Å². The number of hydrogen-bond donors (Lipinski definition) is 0. The molecule has 0 atom stereocenters. The number of para-hydroxylation sites is 2. The van der Waals surface area contributed by atoms with Gasteiger partial charge in [0.25, 0.3) is 0 Å². The lowest BCUT2D eigenvalue weighted by atomic mass is 10.0. The smallest absolute Gasteiger partial charge is 0.180 e. The summed E-state index contributed by atoms with van der Waals surface area (Å²) in [6.07, 6.45) is 0. The van der Waals surface area contributed by atoms with E-state index in [1.54, 1.807) is 0 Å². The third kappa shape index (κ3) is 5.41. The molecule has 0 N–H and O–H groups in total. The lowest BCUT2D eigenvalue weighted by Crippen LogP contribution is -2.00. The summed E-state index contributed by atoms with van der Waals surface area (Å²) >= 11 is 0. The molecule has 0 fully saturated rings. The fraction of sp³-hybridized carbons (Fsp3) is 0. The largest absolute Gasteiger partial charge is 0.455 e. The van der Waals surface area contributed by atoms with Gasteiger partial charge in [0, 0.05) is 38.4 Å². The van der Waals surface area contributed by atoms with Crippen LogP contribution in [0.3, 0.4) is 0 Å². The van der Waals surface area contributed by atoms with Crippen LogP contribution in [0.4, 0.5) is 0 Å². The molecule has 56 heavy (non-hydrogen) atoms. The first kappa shape index (κ1) is 31.7. The maximum Gasteiger partial charge on any atom is 0.180 e. The number of rotatable bonds is 6. The molecule has 4 aromatic heterocycles. The number of nitrogens with zero attached hydrogens (tertiary/aromatic N) is 5. The molecule has 11 aromatic rings. The van der Waals surface area contributed by atoms with Crippen LogP contribution < -0.4 is 0 Å². The van der Waals surface area contributed by atoms with Crippen molar-refractivity contribution < 1.29 is 8.83 Å². The van der Waals surface area contributed by atoms with E-state index in [2.05, 4.69) is 54.6 Å². The fourth-order valence-corrected chi connectivity index (χ4v) is 7.41. The highest BCUT2D eigenvalue weighted by Gasteiger charge is 2.21. The Balaban J connectivity index is 1.05. The van der Waals surface area contributed by atoms with Gasteiger partial charge >= 0.3 is 0 Å². The van der Waals surface area contributed by atoms with Crippen molar-refractivity contribution in [1.82, 2.24) is 24.9 Å². The third-order valence-corrected chi connectivity index (χ3v) is 10.2. The number of fused-ring (bicyclic) bond motifs is 6. The van der Waals surface area contributed by atoms with Crippen molar-refractivity contribution in [1.29, 1.82) is 0 Å². The third-order valence-electron chi connectivity index (χ3n) is 10.2.